The van der Waals surface area contributed by atoms with E-state index in [-0.39, 0.29) is 5.91 Å². The monoisotopic (exact) mass is 285 g/mol. The Hall–Kier alpha value is -1.01. The van der Waals surface area contributed by atoms with E-state index >= 15 is 0 Å². The molecule has 1 N–H and O–H groups in total. The summed E-state index contributed by atoms with van der Waals surface area (Å²) in [5.41, 5.74) is 1.01. The van der Waals surface area contributed by atoms with Crippen LogP contribution in [0, 0.1) is 0 Å². The van der Waals surface area contributed by atoms with E-state index in [1.165, 1.54) is 16.2 Å². The molecule has 1 atom stereocenters. The highest BCUT2D eigenvalue weighted by Gasteiger charge is 2.33. The van der Waals surface area contributed by atoms with Gasteiger partial charge in [-0.25, -0.2) is 4.79 Å². The van der Waals surface area contributed by atoms with Gasteiger partial charge in [0.25, 0.3) is 5.91 Å². The predicted octanol–water partition coefficient (Wildman–Crippen LogP) is 1.95. The van der Waals surface area contributed by atoms with Crippen LogP contribution >= 0.6 is 23.1 Å². The number of aryl methyl sites for hydroxylation is 1. The van der Waals surface area contributed by atoms with Crippen LogP contribution in [-0.4, -0.2) is 46.0 Å². The average molecular weight is 285 g/mol. The molecular formula is C12H15NO3S2. The Morgan fingerprint density at radius 1 is 1.56 bits per heavy atom. The highest BCUT2D eigenvalue weighted by atomic mass is 32.2. The smallest absolute Gasteiger partial charge is 0.327 e. The number of carboxylic acid groups (broad SMARTS) is 1. The molecule has 1 aromatic rings. The summed E-state index contributed by atoms with van der Waals surface area (Å²) in [5, 5.41) is 11.1. The molecule has 18 heavy (non-hydrogen) atoms. The van der Waals surface area contributed by atoms with Crippen LogP contribution in [0.1, 0.15) is 22.2 Å². The summed E-state index contributed by atoms with van der Waals surface area (Å²) in [7, 11) is 0. The number of thioether (sulfide) groups is 1. The summed E-state index contributed by atoms with van der Waals surface area (Å²) in [4.78, 5) is 25.8. The first-order valence-corrected chi connectivity index (χ1v) is 7.86. The van der Waals surface area contributed by atoms with Gasteiger partial charge in [0.2, 0.25) is 0 Å². The van der Waals surface area contributed by atoms with Gasteiger partial charge in [0.15, 0.2) is 0 Å². The largest absolute Gasteiger partial charge is 0.480 e. The lowest BCUT2D eigenvalue weighted by Gasteiger charge is -2.32. The van der Waals surface area contributed by atoms with Gasteiger partial charge in [0.1, 0.15) is 6.04 Å². The predicted molar refractivity (Wildman–Crippen MR) is 73.5 cm³/mol. The van der Waals surface area contributed by atoms with Gasteiger partial charge in [-0.05, 0) is 23.4 Å². The molecule has 0 radical (unpaired) electrons. The maximum Gasteiger partial charge on any atom is 0.327 e. The van der Waals surface area contributed by atoms with E-state index in [0.29, 0.717) is 17.2 Å². The van der Waals surface area contributed by atoms with Gasteiger partial charge in [-0.2, -0.15) is 11.8 Å². The van der Waals surface area contributed by atoms with Gasteiger partial charge in [0.05, 0.1) is 4.88 Å². The average Bonchev–Trinajstić information content (AvgIpc) is 2.86. The lowest BCUT2D eigenvalue weighted by Crippen LogP contribution is -2.50. The third-order valence-corrected chi connectivity index (χ3v) is 4.96. The molecule has 1 fully saturated rings. The number of carbonyl (C=O) groups is 2. The van der Waals surface area contributed by atoms with Crippen molar-refractivity contribution in [2.45, 2.75) is 19.4 Å². The molecule has 98 valence electrons. The second kappa shape index (κ2) is 5.75. The number of carbonyl (C=O) groups excluding carboxylic acids is 1. The maximum atomic E-state index is 12.4. The molecule has 0 aliphatic carbocycles. The Morgan fingerprint density at radius 3 is 3.00 bits per heavy atom. The molecule has 0 spiro atoms. The molecule has 6 heteroatoms. The van der Waals surface area contributed by atoms with E-state index in [4.69, 9.17) is 0 Å². The van der Waals surface area contributed by atoms with Gasteiger partial charge in [-0.15, -0.1) is 11.3 Å². The van der Waals surface area contributed by atoms with Crippen molar-refractivity contribution in [2.75, 3.05) is 18.1 Å². The molecule has 1 amide bonds. The van der Waals surface area contributed by atoms with Crippen LogP contribution in [0.5, 0.6) is 0 Å². The van der Waals surface area contributed by atoms with E-state index < -0.39 is 12.0 Å². The van der Waals surface area contributed by atoms with E-state index in [2.05, 4.69) is 0 Å². The normalized spacial score (nSPS) is 19.8. The van der Waals surface area contributed by atoms with E-state index in [9.17, 15) is 14.7 Å². The van der Waals surface area contributed by atoms with Crippen molar-refractivity contribution >= 4 is 35.0 Å². The third kappa shape index (κ3) is 2.54. The molecule has 1 aliphatic heterocycles. The highest BCUT2D eigenvalue weighted by Crippen LogP contribution is 2.24. The molecule has 0 aromatic carbocycles. The molecular weight excluding hydrogens is 270 g/mol. The molecule has 1 aromatic heterocycles. The molecule has 2 rings (SSSR count). The first kappa shape index (κ1) is 13.4. The van der Waals surface area contributed by atoms with Gasteiger partial charge >= 0.3 is 5.97 Å². The fourth-order valence-electron chi connectivity index (χ4n) is 1.98. The number of carboxylic acids is 1. The third-order valence-electron chi connectivity index (χ3n) is 3.00. The van der Waals surface area contributed by atoms with Gasteiger partial charge in [-0.1, -0.05) is 6.92 Å². The first-order valence-electron chi connectivity index (χ1n) is 5.83. The molecule has 0 saturated carbocycles. The lowest BCUT2D eigenvalue weighted by atomic mass is 10.1. The first-order chi connectivity index (χ1) is 8.65. The standard InChI is InChI=1S/C12H15NO3S2/c1-2-8-3-5-18-10(8)11(14)13-4-6-17-7-9(13)12(15)16/h3,5,9H,2,4,6-7H2,1H3,(H,15,16). The number of thiophene rings is 1. The number of nitrogens with zero attached hydrogens (tertiary/aromatic N) is 1. The number of hydrogen-bond donors (Lipinski definition) is 1. The van der Waals surface area contributed by atoms with Crippen LogP contribution in [0.2, 0.25) is 0 Å². The number of aliphatic carboxylic acids is 1. The highest BCUT2D eigenvalue weighted by molar-refractivity contribution is 7.99. The minimum atomic E-state index is -0.912. The van der Waals surface area contributed by atoms with Crippen molar-refractivity contribution in [1.82, 2.24) is 4.90 Å². The zero-order valence-corrected chi connectivity index (χ0v) is 11.7. The Kier molecular flexibility index (Phi) is 4.29. The maximum absolute atomic E-state index is 12.4. The Labute approximate surface area is 114 Å². The summed E-state index contributed by atoms with van der Waals surface area (Å²) >= 11 is 2.99. The molecule has 2 heterocycles. The number of rotatable bonds is 3. The van der Waals surface area contributed by atoms with Crippen LogP contribution in [0.4, 0.5) is 0 Å². The SMILES string of the molecule is CCc1ccsc1C(=O)N1CCSCC1C(=O)O. The Morgan fingerprint density at radius 2 is 2.33 bits per heavy atom. The summed E-state index contributed by atoms with van der Waals surface area (Å²) in [6.45, 7) is 2.51. The number of amides is 1. The van der Waals surface area contributed by atoms with E-state index in [1.807, 2.05) is 18.4 Å². The quantitative estimate of drug-likeness (QED) is 0.922. The summed E-state index contributed by atoms with van der Waals surface area (Å²) < 4.78 is 0. The van der Waals surface area contributed by atoms with E-state index in [1.54, 1.807) is 11.8 Å². The summed E-state index contributed by atoms with van der Waals surface area (Å²) in [6.07, 6.45) is 0.797. The van der Waals surface area contributed by atoms with Gasteiger partial charge < -0.3 is 10.0 Å². The van der Waals surface area contributed by atoms with Crippen LogP contribution in [0.15, 0.2) is 11.4 Å². The van der Waals surface area contributed by atoms with E-state index in [0.717, 1.165) is 17.7 Å². The van der Waals surface area contributed by atoms with Crippen LogP contribution < -0.4 is 0 Å². The van der Waals surface area contributed by atoms with Crippen LogP contribution in [0.3, 0.4) is 0 Å². The fourth-order valence-corrected chi connectivity index (χ4v) is 3.97. The molecule has 0 bridgehead atoms. The van der Waals surface area contributed by atoms with Gasteiger partial charge in [0, 0.05) is 18.1 Å². The van der Waals surface area contributed by atoms with Crippen molar-refractivity contribution in [3.05, 3.63) is 21.9 Å². The molecule has 1 saturated heterocycles. The van der Waals surface area contributed by atoms with Crippen molar-refractivity contribution in [3.8, 4) is 0 Å². The Bertz CT molecular complexity index is 458. The second-order valence-electron chi connectivity index (χ2n) is 4.06. The zero-order valence-electron chi connectivity index (χ0n) is 10.1. The molecule has 4 nitrogen and oxygen atoms in total. The summed E-state index contributed by atoms with van der Waals surface area (Å²) in [5.74, 6) is 0.246. The minimum absolute atomic E-state index is 0.130. The Balaban J connectivity index is 2.23. The van der Waals surface area contributed by atoms with Crippen molar-refractivity contribution < 1.29 is 14.7 Å². The van der Waals surface area contributed by atoms with Crippen molar-refractivity contribution in [1.29, 1.82) is 0 Å². The van der Waals surface area contributed by atoms with Crippen LogP contribution in [0.25, 0.3) is 0 Å². The summed E-state index contributed by atoms with van der Waals surface area (Å²) in [6, 6.07) is 1.25. The topological polar surface area (TPSA) is 57.6 Å². The van der Waals surface area contributed by atoms with Gasteiger partial charge in [-0.3, -0.25) is 4.79 Å². The molecule has 1 aliphatic rings. The second-order valence-corrected chi connectivity index (χ2v) is 6.12. The molecule has 1 unspecified atom stereocenters. The van der Waals surface area contributed by atoms with Crippen molar-refractivity contribution in [3.63, 3.8) is 0 Å². The van der Waals surface area contributed by atoms with Crippen LogP contribution in [-0.2, 0) is 11.2 Å². The fraction of sp³-hybridized carbons (Fsp3) is 0.500. The lowest BCUT2D eigenvalue weighted by molar-refractivity contribution is -0.141. The minimum Gasteiger partial charge on any atom is -0.480 e. The zero-order chi connectivity index (χ0) is 13.1. The van der Waals surface area contributed by atoms with Crippen molar-refractivity contribution in [2.24, 2.45) is 0 Å². The number of hydrogen-bond acceptors (Lipinski definition) is 4.